The van der Waals surface area contributed by atoms with Crippen molar-refractivity contribution in [2.75, 3.05) is 11.9 Å². The third kappa shape index (κ3) is 6.42. The van der Waals surface area contributed by atoms with Crippen LogP contribution in [0.15, 0.2) is 30.3 Å². The normalized spacial score (nSPS) is 11.3. The predicted octanol–water partition coefficient (Wildman–Crippen LogP) is -0.0576. The Labute approximate surface area is 123 Å². The Kier molecular flexibility index (Phi) is 6.73. The standard InChI is InChI=1S/C14H20N4O3/c1-2-16-14(21)13(17-10-6-4-3-5-7-10)18-12(20)9-8-11(15)19/h3-7,13,17H,2,8-9H2,1H3,(H2,15,19)(H,16,21)(H,18,20). The second-order valence-corrected chi connectivity index (χ2v) is 4.37. The molecule has 1 aromatic rings. The van der Waals surface area contributed by atoms with Crippen molar-refractivity contribution in [1.29, 1.82) is 0 Å². The average Bonchev–Trinajstić information content (AvgIpc) is 2.46. The van der Waals surface area contributed by atoms with E-state index in [1.807, 2.05) is 18.2 Å². The second kappa shape index (κ2) is 8.57. The van der Waals surface area contributed by atoms with E-state index in [0.717, 1.165) is 0 Å². The van der Waals surface area contributed by atoms with E-state index in [4.69, 9.17) is 5.73 Å². The molecule has 0 saturated carbocycles. The maximum atomic E-state index is 11.9. The minimum Gasteiger partial charge on any atom is -0.370 e. The molecule has 0 bridgehead atoms. The largest absolute Gasteiger partial charge is 0.370 e. The van der Waals surface area contributed by atoms with Crippen molar-refractivity contribution in [2.45, 2.75) is 25.9 Å². The number of nitrogens with two attached hydrogens (primary N) is 1. The highest BCUT2D eigenvalue weighted by Crippen LogP contribution is 2.06. The summed E-state index contributed by atoms with van der Waals surface area (Å²) in [4.78, 5) is 34.3. The monoisotopic (exact) mass is 292 g/mol. The van der Waals surface area contributed by atoms with Crippen LogP contribution in [0.4, 0.5) is 5.69 Å². The van der Waals surface area contributed by atoms with E-state index in [2.05, 4.69) is 16.0 Å². The molecule has 3 amide bonds. The van der Waals surface area contributed by atoms with Crippen molar-refractivity contribution in [3.05, 3.63) is 30.3 Å². The summed E-state index contributed by atoms with van der Waals surface area (Å²) in [6.45, 7) is 2.23. The topological polar surface area (TPSA) is 113 Å². The predicted molar refractivity (Wildman–Crippen MR) is 79.1 cm³/mol. The van der Waals surface area contributed by atoms with Crippen LogP contribution in [0.2, 0.25) is 0 Å². The van der Waals surface area contributed by atoms with Gasteiger partial charge in [0.1, 0.15) is 0 Å². The quantitative estimate of drug-likeness (QED) is 0.503. The van der Waals surface area contributed by atoms with E-state index in [1.54, 1.807) is 19.1 Å². The summed E-state index contributed by atoms with van der Waals surface area (Å²) in [6, 6.07) is 9.03. The lowest BCUT2D eigenvalue weighted by Crippen LogP contribution is -2.51. The van der Waals surface area contributed by atoms with Crippen LogP contribution < -0.4 is 21.7 Å². The number of hydrogen-bond acceptors (Lipinski definition) is 4. The van der Waals surface area contributed by atoms with Gasteiger partial charge in [-0.25, -0.2) is 0 Å². The zero-order valence-corrected chi connectivity index (χ0v) is 11.9. The van der Waals surface area contributed by atoms with Crippen molar-refractivity contribution in [2.24, 2.45) is 5.73 Å². The van der Waals surface area contributed by atoms with Gasteiger partial charge in [-0.1, -0.05) is 18.2 Å². The lowest BCUT2D eigenvalue weighted by Gasteiger charge is -2.20. The van der Waals surface area contributed by atoms with Gasteiger partial charge in [0.15, 0.2) is 6.17 Å². The van der Waals surface area contributed by atoms with Gasteiger partial charge in [-0.15, -0.1) is 0 Å². The summed E-state index contributed by atoms with van der Waals surface area (Å²) in [6.07, 6.45) is -1.02. The number of carbonyl (C=O) groups excluding carboxylic acids is 3. The number of nitrogens with one attached hydrogen (secondary N) is 3. The van der Waals surface area contributed by atoms with Gasteiger partial charge in [0.25, 0.3) is 5.91 Å². The molecule has 0 fully saturated rings. The zero-order chi connectivity index (χ0) is 15.7. The molecular formula is C14H20N4O3. The number of likely N-dealkylation sites (N-methyl/N-ethyl adjacent to an activating group) is 1. The van der Waals surface area contributed by atoms with Crippen LogP contribution in [-0.4, -0.2) is 30.4 Å². The number of hydrogen-bond donors (Lipinski definition) is 4. The van der Waals surface area contributed by atoms with E-state index < -0.39 is 18.0 Å². The van der Waals surface area contributed by atoms with Crippen LogP contribution in [0.3, 0.4) is 0 Å². The first-order valence-electron chi connectivity index (χ1n) is 6.70. The molecule has 114 valence electrons. The van der Waals surface area contributed by atoms with Crippen molar-refractivity contribution in [1.82, 2.24) is 10.6 Å². The first-order valence-corrected chi connectivity index (χ1v) is 6.70. The van der Waals surface area contributed by atoms with Gasteiger partial charge >= 0.3 is 0 Å². The fraction of sp³-hybridized carbons (Fsp3) is 0.357. The average molecular weight is 292 g/mol. The number of carbonyl (C=O) groups is 3. The van der Waals surface area contributed by atoms with Crippen molar-refractivity contribution < 1.29 is 14.4 Å². The molecule has 0 saturated heterocycles. The number of primary amides is 1. The maximum absolute atomic E-state index is 11.9. The molecule has 1 atom stereocenters. The Balaban J connectivity index is 2.66. The summed E-state index contributed by atoms with van der Waals surface area (Å²) < 4.78 is 0. The smallest absolute Gasteiger partial charge is 0.263 e. The number of rotatable bonds is 8. The van der Waals surface area contributed by atoms with Crippen LogP contribution in [0.25, 0.3) is 0 Å². The molecule has 21 heavy (non-hydrogen) atoms. The Bertz CT molecular complexity index is 490. The maximum Gasteiger partial charge on any atom is 0.263 e. The fourth-order valence-corrected chi connectivity index (χ4v) is 1.61. The van der Waals surface area contributed by atoms with Gasteiger partial charge < -0.3 is 21.7 Å². The van der Waals surface area contributed by atoms with E-state index in [0.29, 0.717) is 12.2 Å². The number of para-hydroxylation sites is 1. The van der Waals surface area contributed by atoms with Gasteiger partial charge in [0.2, 0.25) is 11.8 Å². The number of benzene rings is 1. The summed E-state index contributed by atoms with van der Waals surface area (Å²) in [5.74, 6) is -1.34. The molecule has 0 aromatic heterocycles. The number of anilines is 1. The zero-order valence-electron chi connectivity index (χ0n) is 11.9. The Hall–Kier alpha value is -2.57. The third-order valence-corrected chi connectivity index (χ3v) is 2.60. The number of amides is 3. The lowest BCUT2D eigenvalue weighted by molar-refractivity contribution is -0.129. The van der Waals surface area contributed by atoms with Crippen LogP contribution in [0, 0.1) is 0 Å². The minimum atomic E-state index is -0.910. The summed E-state index contributed by atoms with van der Waals surface area (Å²) >= 11 is 0. The molecule has 0 radical (unpaired) electrons. The molecule has 0 aliphatic carbocycles. The van der Waals surface area contributed by atoms with E-state index in [9.17, 15) is 14.4 Å². The lowest BCUT2D eigenvalue weighted by atomic mass is 10.2. The molecule has 1 rings (SSSR count). The van der Waals surface area contributed by atoms with Gasteiger partial charge in [0, 0.05) is 25.1 Å². The molecule has 0 aliphatic rings. The Morgan fingerprint density at radius 3 is 2.38 bits per heavy atom. The molecule has 7 nitrogen and oxygen atoms in total. The van der Waals surface area contributed by atoms with Crippen molar-refractivity contribution >= 4 is 23.4 Å². The molecular weight excluding hydrogens is 272 g/mol. The highest BCUT2D eigenvalue weighted by molar-refractivity contribution is 5.90. The Morgan fingerprint density at radius 1 is 1.14 bits per heavy atom. The van der Waals surface area contributed by atoms with Crippen LogP contribution in [-0.2, 0) is 14.4 Å². The molecule has 0 aliphatic heterocycles. The summed E-state index contributed by atoms with van der Waals surface area (Å²) in [5.41, 5.74) is 5.69. The first kappa shape index (κ1) is 16.5. The van der Waals surface area contributed by atoms with Gasteiger partial charge in [-0.2, -0.15) is 0 Å². The highest BCUT2D eigenvalue weighted by Gasteiger charge is 2.20. The van der Waals surface area contributed by atoms with Gasteiger partial charge in [-0.05, 0) is 19.1 Å². The van der Waals surface area contributed by atoms with Gasteiger partial charge in [-0.3, -0.25) is 14.4 Å². The second-order valence-electron chi connectivity index (χ2n) is 4.37. The Morgan fingerprint density at radius 2 is 1.81 bits per heavy atom. The molecule has 5 N–H and O–H groups in total. The third-order valence-electron chi connectivity index (χ3n) is 2.60. The summed E-state index contributed by atoms with van der Waals surface area (Å²) in [7, 11) is 0. The van der Waals surface area contributed by atoms with Crippen LogP contribution in [0.1, 0.15) is 19.8 Å². The van der Waals surface area contributed by atoms with Crippen molar-refractivity contribution in [3.8, 4) is 0 Å². The molecule has 7 heteroatoms. The van der Waals surface area contributed by atoms with Crippen LogP contribution >= 0.6 is 0 Å². The van der Waals surface area contributed by atoms with E-state index in [-0.39, 0.29) is 18.7 Å². The SMILES string of the molecule is CCNC(=O)C(NC(=O)CCC(N)=O)Nc1ccccc1. The minimum absolute atomic E-state index is 0.0539. The molecule has 1 aromatic carbocycles. The summed E-state index contributed by atoms with van der Waals surface area (Å²) in [5, 5.41) is 8.09. The van der Waals surface area contributed by atoms with E-state index in [1.165, 1.54) is 0 Å². The highest BCUT2D eigenvalue weighted by atomic mass is 16.2. The van der Waals surface area contributed by atoms with Crippen LogP contribution in [0.5, 0.6) is 0 Å². The molecule has 1 unspecified atom stereocenters. The molecule has 0 spiro atoms. The fourth-order valence-electron chi connectivity index (χ4n) is 1.61. The van der Waals surface area contributed by atoms with E-state index >= 15 is 0 Å². The van der Waals surface area contributed by atoms with Crippen molar-refractivity contribution in [3.63, 3.8) is 0 Å². The first-order chi connectivity index (χ1) is 10.0. The van der Waals surface area contributed by atoms with Gasteiger partial charge in [0.05, 0.1) is 0 Å². The molecule has 0 heterocycles.